The number of amides is 2. The van der Waals surface area contributed by atoms with Gasteiger partial charge < -0.3 is 10.1 Å². The SMILES string of the molecule is COc1ccccc1/C=N/NC(=O)CNC(=O)c1cccc(C)c1. The van der Waals surface area contributed by atoms with Crippen LogP contribution in [0.2, 0.25) is 0 Å². The van der Waals surface area contributed by atoms with Crippen molar-refractivity contribution in [2.24, 2.45) is 5.10 Å². The van der Waals surface area contributed by atoms with Crippen molar-refractivity contribution in [3.8, 4) is 5.75 Å². The summed E-state index contributed by atoms with van der Waals surface area (Å²) in [6.07, 6.45) is 1.49. The number of hydrogen-bond acceptors (Lipinski definition) is 4. The van der Waals surface area contributed by atoms with E-state index in [0.717, 1.165) is 11.1 Å². The first-order valence-electron chi connectivity index (χ1n) is 7.40. The van der Waals surface area contributed by atoms with Crippen molar-refractivity contribution < 1.29 is 14.3 Å². The number of ether oxygens (including phenoxy) is 1. The molecule has 0 heterocycles. The Balaban J connectivity index is 1.83. The van der Waals surface area contributed by atoms with Crippen LogP contribution in [0.25, 0.3) is 0 Å². The van der Waals surface area contributed by atoms with E-state index in [1.165, 1.54) is 6.21 Å². The third kappa shape index (κ3) is 4.95. The number of aryl methyl sites for hydroxylation is 1. The number of rotatable bonds is 6. The lowest BCUT2D eigenvalue weighted by Gasteiger charge is -2.05. The van der Waals surface area contributed by atoms with Crippen LogP contribution in [0.15, 0.2) is 53.6 Å². The Morgan fingerprint density at radius 2 is 1.96 bits per heavy atom. The van der Waals surface area contributed by atoms with E-state index in [1.807, 2.05) is 31.2 Å². The molecular weight excluding hydrogens is 306 g/mol. The monoisotopic (exact) mass is 325 g/mol. The van der Waals surface area contributed by atoms with Gasteiger partial charge in [-0.25, -0.2) is 5.43 Å². The maximum absolute atomic E-state index is 11.9. The summed E-state index contributed by atoms with van der Waals surface area (Å²) in [5.74, 6) is -0.0621. The molecule has 2 amide bonds. The van der Waals surface area contributed by atoms with Crippen molar-refractivity contribution in [3.63, 3.8) is 0 Å². The fourth-order valence-electron chi connectivity index (χ4n) is 2.04. The molecule has 2 aromatic carbocycles. The molecule has 2 rings (SSSR count). The van der Waals surface area contributed by atoms with Gasteiger partial charge in [0.2, 0.25) is 0 Å². The van der Waals surface area contributed by atoms with Gasteiger partial charge in [0.1, 0.15) is 5.75 Å². The average Bonchev–Trinajstić information content (AvgIpc) is 2.60. The van der Waals surface area contributed by atoms with Crippen LogP contribution < -0.4 is 15.5 Å². The molecule has 0 fully saturated rings. The van der Waals surface area contributed by atoms with Gasteiger partial charge in [0.25, 0.3) is 11.8 Å². The van der Waals surface area contributed by atoms with Crippen LogP contribution in [0.1, 0.15) is 21.5 Å². The highest BCUT2D eigenvalue weighted by atomic mass is 16.5. The normalized spacial score (nSPS) is 10.4. The summed E-state index contributed by atoms with van der Waals surface area (Å²) in [7, 11) is 1.56. The van der Waals surface area contributed by atoms with E-state index >= 15 is 0 Å². The van der Waals surface area contributed by atoms with Gasteiger partial charge in [-0.2, -0.15) is 5.10 Å². The lowest BCUT2D eigenvalue weighted by Crippen LogP contribution is -2.34. The van der Waals surface area contributed by atoms with Crippen molar-refractivity contribution in [1.82, 2.24) is 10.7 Å². The van der Waals surface area contributed by atoms with Crippen molar-refractivity contribution in [1.29, 1.82) is 0 Å². The third-order valence-corrected chi connectivity index (χ3v) is 3.22. The zero-order chi connectivity index (χ0) is 17.4. The molecule has 0 aliphatic rings. The molecule has 0 saturated heterocycles. The topological polar surface area (TPSA) is 79.8 Å². The Labute approximate surface area is 140 Å². The Morgan fingerprint density at radius 1 is 1.17 bits per heavy atom. The van der Waals surface area contributed by atoms with Crippen LogP contribution in [0, 0.1) is 6.92 Å². The predicted molar refractivity (Wildman–Crippen MR) is 92.2 cm³/mol. The first-order valence-corrected chi connectivity index (χ1v) is 7.40. The fourth-order valence-corrected chi connectivity index (χ4v) is 2.04. The second kappa shape index (κ2) is 8.47. The Kier molecular flexibility index (Phi) is 6.08. The summed E-state index contributed by atoms with van der Waals surface area (Å²) in [5.41, 5.74) is 4.60. The van der Waals surface area contributed by atoms with Gasteiger partial charge in [-0.3, -0.25) is 9.59 Å². The maximum Gasteiger partial charge on any atom is 0.259 e. The number of benzene rings is 2. The van der Waals surface area contributed by atoms with E-state index in [2.05, 4.69) is 15.8 Å². The summed E-state index contributed by atoms with van der Waals surface area (Å²) in [4.78, 5) is 23.7. The van der Waals surface area contributed by atoms with E-state index in [0.29, 0.717) is 11.3 Å². The Morgan fingerprint density at radius 3 is 2.71 bits per heavy atom. The molecule has 2 N–H and O–H groups in total. The van der Waals surface area contributed by atoms with E-state index < -0.39 is 5.91 Å². The quantitative estimate of drug-likeness (QED) is 0.629. The molecule has 2 aromatic rings. The molecule has 0 unspecified atom stereocenters. The van der Waals surface area contributed by atoms with E-state index in [-0.39, 0.29) is 12.5 Å². The van der Waals surface area contributed by atoms with Gasteiger partial charge in [-0.15, -0.1) is 0 Å². The molecule has 0 radical (unpaired) electrons. The molecule has 24 heavy (non-hydrogen) atoms. The van der Waals surface area contributed by atoms with Gasteiger partial charge in [-0.05, 0) is 31.2 Å². The molecule has 124 valence electrons. The first kappa shape index (κ1) is 17.2. The fraction of sp³-hybridized carbons (Fsp3) is 0.167. The largest absolute Gasteiger partial charge is 0.496 e. The van der Waals surface area contributed by atoms with Gasteiger partial charge in [0.15, 0.2) is 0 Å². The minimum Gasteiger partial charge on any atom is -0.496 e. The van der Waals surface area contributed by atoms with Gasteiger partial charge in [0.05, 0.1) is 19.9 Å². The molecule has 0 aliphatic heterocycles. The Bertz CT molecular complexity index is 757. The summed E-state index contributed by atoms with van der Waals surface area (Å²) in [6, 6.07) is 14.4. The molecule has 0 atom stereocenters. The summed E-state index contributed by atoms with van der Waals surface area (Å²) < 4.78 is 5.18. The minimum absolute atomic E-state index is 0.157. The van der Waals surface area contributed by atoms with Crippen LogP contribution in [-0.2, 0) is 4.79 Å². The second-order valence-electron chi connectivity index (χ2n) is 5.09. The highest BCUT2D eigenvalue weighted by Crippen LogP contribution is 2.14. The van der Waals surface area contributed by atoms with Crippen molar-refractivity contribution in [2.45, 2.75) is 6.92 Å². The summed E-state index contributed by atoms with van der Waals surface area (Å²) >= 11 is 0. The number of hydrogen-bond donors (Lipinski definition) is 2. The molecule has 0 aromatic heterocycles. The first-order chi connectivity index (χ1) is 11.6. The lowest BCUT2D eigenvalue weighted by molar-refractivity contribution is -0.120. The lowest BCUT2D eigenvalue weighted by atomic mass is 10.1. The van der Waals surface area contributed by atoms with E-state index in [4.69, 9.17) is 4.74 Å². The maximum atomic E-state index is 11.9. The molecule has 6 heteroatoms. The smallest absolute Gasteiger partial charge is 0.259 e. The molecule has 6 nitrogen and oxygen atoms in total. The van der Waals surface area contributed by atoms with Gasteiger partial charge in [-0.1, -0.05) is 29.8 Å². The summed E-state index contributed by atoms with van der Waals surface area (Å²) in [5, 5.41) is 6.41. The van der Waals surface area contributed by atoms with E-state index in [9.17, 15) is 9.59 Å². The molecule has 0 aliphatic carbocycles. The zero-order valence-corrected chi connectivity index (χ0v) is 13.6. The van der Waals surface area contributed by atoms with Crippen molar-refractivity contribution in [3.05, 3.63) is 65.2 Å². The highest BCUT2D eigenvalue weighted by Gasteiger charge is 2.07. The van der Waals surface area contributed by atoms with Crippen LogP contribution in [-0.4, -0.2) is 31.7 Å². The molecule has 0 saturated carbocycles. The van der Waals surface area contributed by atoms with Crippen molar-refractivity contribution >= 4 is 18.0 Å². The number of nitrogens with one attached hydrogen (secondary N) is 2. The molecule has 0 bridgehead atoms. The number of para-hydroxylation sites is 1. The van der Waals surface area contributed by atoms with Crippen LogP contribution >= 0.6 is 0 Å². The number of methoxy groups -OCH3 is 1. The average molecular weight is 325 g/mol. The van der Waals surface area contributed by atoms with Crippen LogP contribution in [0.5, 0.6) is 5.75 Å². The number of carbonyl (C=O) groups is 2. The number of hydrazone groups is 1. The summed E-state index contributed by atoms with van der Waals surface area (Å²) in [6.45, 7) is 1.74. The van der Waals surface area contributed by atoms with Crippen LogP contribution in [0.4, 0.5) is 0 Å². The zero-order valence-electron chi connectivity index (χ0n) is 13.6. The van der Waals surface area contributed by atoms with Crippen molar-refractivity contribution in [2.75, 3.05) is 13.7 Å². The second-order valence-corrected chi connectivity index (χ2v) is 5.09. The van der Waals surface area contributed by atoms with Gasteiger partial charge in [0, 0.05) is 11.1 Å². The number of carbonyl (C=O) groups excluding carboxylic acids is 2. The Hall–Kier alpha value is -3.15. The molecule has 0 spiro atoms. The minimum atomic E-state index is -0.415. The number of nitrogens with zero attached hydrogens (tertiary/aromatic N) is 1. The highest BCUT2D eigenvalue weighted by molar-refractivity contribution is 5.96. The van der Waals surface area contributed by atoms with Crippen LogP contribution in [0.3, 0.4) is 0 Å². The molecular formula is C18H19N3O3. The standard InChI is InChI=1S/C18H19N3O3/c1-13-6-5-8-14(10-13)18(23)19-12-17(22)21-20-11-15-7-3-4-9-16(15)24-2/h3-11H,12H2,1-2H3,(H,19,23)(H,21,22)/b20-11+. The predicted octanol–water partition coefficient (Wildman–Crippen LogP) is 1.88. The van der Waals surface area contributed by atoms with Gasteiger partial charge >= 0.3 is 0 Å². The third-order valence-electron chi connectivity index (χ3n) is 3.22. The van der Waals surface area contributed by atoms with E-state index in [1.54, 1.807) is 31.4 Å².